The third kappa shape index (κ3) is 4.79. The summed E-state index contributed by atoms with van der Waals surface area (Å²) in [5, 5.41) is 14.1. The lowest BCUT2D eigenvalue weighted by Crippen LogP contribution is -2.40. The quantitative estimate of drug-likeness (QED) is 0.746. The first-order valence-corrected chi connectivity index (χ1v) is 6.36. The highest BCUT2D eigenvalue weighted by Crippen LogP contribution is 2.17. The maximum absolute atomic E-state index is 11.7. The molecule has 1 aromatic rings. The number of benzene rings is 1. The van der Waals surface area contributed by atoms with Crippen molar-refractivity contribution in [1.29, 1.82) is 0 Å². The van der Waals surface area contributed by atoms with E-state index in [1.54, 1.807) is 38.1 Å². The van der Waals surface area contributed by atoms with Gasteiger partial charge in [0, 0.05) is 18.3 Å². The van der Waals surface area contributed by atoms with Crippen LogP contribution < -0.4 is 15.4 Å². The molecule has 0 saturated carbocycles. The molecule has 0 heterocycles. The summed E-state index contributed by atoms with van der Waals surface area (Å²) in [5.74, 6) is -0.299. The highest BCUT2D eigenvalue weighted by molar-refractivity contribution is 5.89. The molecule has 0 aromatic heterocycles. The van der Waals surface area contributed by atoms with Gasteiger partial charge in [0.15, 0.2) is 0 Å². The van der Waals surface area contributed by atoms with E-state index in [2.05, 4.69) is 10.6 Å². The summed E-state index contributed by atoms with van der Waals surface area (Å²) in [6.45, 7) is 5.55. The number of carboxylic acid groups (broad SMARTS) is 1. The minimum Gasteiger partial charge on any atom is -0.494 e. The van der Waals surface area contributed by atoms with Gasteiger partial charge in [-0.05, 0) is 32.9 Å². The third-order valence-corrected chi connectivity index (χ3v) is 2.67. The molecule has 2 amide bonds. The summed E-state index contributed by atoms with van der Waals surface area (Å²) in [6.07, 6.45) is 0. The summed E-state index contributed by atoms with van der Waals surface area (Å²) < 4.78 is 5.32. The van der Waals surface area contributed by atoms with Crippen LogP contribution in [0.5, 0.6) is 5.75 Å². The zero-order chi connectivity index (χ0) is 15.2. The van der Waals surface area contributed by atoms with Gasteiger partial charge in [-0.15, -0.1) is 0 Å². The Kier molecular flexibility index (Phi) is 5.37. The highest BCUT2D eigenvalue weighted by atomic mass is 16.5. The summed E-state index contributed by atoms with van der Waals surface area (Å²) in [6, 6.07) is 6.53. The van der Waals surface area contributed by atoms with E-state index in [1.165, 1.54) is 0 Å². The number of urea groups is 1. The van der Waals surface area contributed by atoms with E-state index in [1.807, 2.05) is 6.92 Å². The Labute approximate surface area is 118 Å². The summed E-state index contributed by atoms with van der Waals surface area (Å²) in [5.41, 5.74) is -0.425. The summed E-state index contributed by atoms with van der Waals surface area (Å²) in [7, 11) is 0. The second-order valence-corrected chi connectivity index (χ2v) is 4.96. The number of carbonyl (C=O) groups is 2. The molecule has 0 aliphatic rings. The average Bonchev–Trinajstić information content (AvgIpc) is 2.37. The topological polar surface area (TPSA) is 87.7 Å². The summed E-state index contributed by atoms with van der Waals surface area (Å²) in [4.78, 5) is 22.6. The van der Waals surface area contributed by atoms with Crippen LogP contribution >= 0.6 is 0 Å². The van der Waals surface area contributed by atoms with Crippen molar-refractivity contribution in [3.05, 3.63) is 24.3 Å². The number of carbonyl (C=O) groups excluding carboxylic acids is 1. The fraction of sp³-hybridized carbons (Fsp3) is 0.429. The zero-order valence-corrected chi connectivity index (χ0v) is 11.9. The lowest BCUT2D eigenvalue weighted by atomic mass is 9.94. The predicted octanol–water partition coefficient (Wildman–Crippen LogP) is 2.32. The molecule has 6 nitrogen and oxygen atoms in total. The molecule has 0 fully saturated rings. The Morgan fingerprint density at radius 2 is 2.05 bits per heavy atom. The number of anilines is 1. The molecule has 110 valence electrons. The molecular weight excluding hydrogens is 260 g/mol. The first-order chi connectivity index (χ1) is 9.35. The monoisotopic (exact) mass is 280 g/mol. The van der Waals surface area contributed by atoms with Crippen LogP contribution in [0.15, 0.2) is 24.3 Å². The molecule has 1 aromatic carbocycles. The maximum Gasteiger partial charge on any atom is 0.319 e. The van der Waals surface area contributed by atoms with Crippen LogP contribution in [0.25, 0.3) is 0 Å². The van der Waals surface area contributed by atoms with Crippen molar-refractivity contribution >= 4 is 17.7 Å². The number of nitrogens with one attached hydrogen (secondary N) is 2. The van der Waals surface area contributed by atoms with Crippen LogP contribution in [0.2, 0.25) is 0 Å². The van der Waals surface area contributed by atoms with E-state index < -0.39 is 17.4 Å². The van der Waals surface area contributed by atoms with Gasteiger partial charge < -0.3 is 20.5 Å². The van der Waals surface area contributed by atoms with E-state index >= 15 is 0 Å². The number of aliphatic carboxylic acids is 1. The van der Waals surface area contributed by atoms with Gasteiger partial charge in [-0.25, -0.2) is 4.79 Å². The van der Waals surface area contributed by atoms with E-state index in [0.29, 0.717) is 18.0 Å². The average molecular weight is 280 g/mol. The van der Waals surface area contributed by atoms with E-state index in [4.69, 9.17) is 9.84 Å². The number of amides is 2. The lowest BCUT2D eigenvalue weighted by molar-refractivity contribution is -0.146. The Hall–Kier alpha value is -2.24. The van der Waals surface area contributed by atoms with Crippen molar-refractivity contribution in [1.82, 2.24) is 5.32 Å². The largest absolute Gasteiger partial charge is 0.494 e. The zero-order valence-electron chi connectivity index (χ0n) is 11.9. The number of ether oxygens (including phenoxy) is 1. The first-order valence-electron chi connectivity index (χ1n) is 6.36. The second-order valence-electron chi connectivity index (χ2n) is 4.96. The molecule has 0 spiro atoms. The molecule has 0 unspecified atom stereocenters. The van der Waals surface area contributed by atoms with Crippen LogP contribution in [0, 0.1) is 5.41 Å². The number of hydrogen-bond donors (Lipinski definition) is 3. The van der Waals surface area contributed by atoms with Crippen LogP contribution in [0.4, 0.5) is 10.5 Å². The van der Waals surface area contributed by atoms with Gasteiger partial charge in [0.25, 0.3) is 0 Å². The van der Waals surface area contributed by atoms with Crippen molar-refractivity contribution in [3.63, 3.8) is 0 Å². The maximum atomic E-state index is 11.7. The lowest BCUT2D eigenvalue weighted by Gasteiger charge is -2.19. The molecule has 0 radical (unpaired) electrons. The number of rotatable bonds is 6. The van der Waals surface area contributed by atoms with Crippen molar-refractivity contribution in [2.75, 3.05) is 18.5 Å². The molecule has 3 N–H and O–H groups in total. The number of carboxylic acids is 1. The predicted molar refractivity (Wildman–Crippen MR) is 76.0 cm³/mol. The molecule has 0 saturated heterocycles. The van der Waals surface area contributed by atoms with E-state index in [0.717, 1.165) is 0 Å². The molecule has 0 aliphatic heterocycles. The minimum absolute atomic E-state index is 0.0410. The van der Waals surface area contributed by atoms with Crippen LogP contribution in [-0.4, -0.2) is 30.3 Å². The molecule has 0 atom stereocenters. The molecule has 0 bridgehead atoms. The molecular formula is C14H20N2O4. The van der Waals surface area contributed by atoms with Crippen LogP contribution in [0.3, 0.4) is 0 Å². The molecule has 20 heavy (non-hydrogen) atoms. The minimum atomic E-state index is -1.01. The van der Waals surface area contributed by atoms with Crippen molar-refractivity contribution in [2.24, 2.45) is 5.41 Å². The van der Waals surface area contributed by atoms with Crippen molar-refractivity contribution < 1.29 is 19.4 Å². The van der Waals surface area contributed by atoms with E-state index in [9.17, 15) is 9.59 Å². The van der Waals surface area contributed by atoms with Gasteiger partial charge in [0.1, 0.15) is 5.75 Å². The fourth-order valence-corrected chi connectivity index (χ4v) is 1.38. The summed E-state index contributed by atoms with van der Waals surface area (Å²) >= 11 is 0. The Balaban J connectivity index is 2.54. The van der Waals surface area contributed by atoms with Gasteiger partial charge in [0.2, 0.25) is 0 Å². The second kappa shape index (κ2) is 6.79. The van der Waals surface area contributed by atoms with E-state index in [-0.39, 0.29) is 6.54 Å². The number of hydrogen-bond acceptors (Lipinski definition) is 3. The Morgan fingerprint density at radius 1 is 1.35 bits per heavy atom. The van der Waals surface area contributed by atoms with Gasteiger partial charge in [-0.3, -0.25) is 4.79 Å². The Morgan fingerprint density at radius 3 is 2.65 bits per heavy atom. The molecule has 0 aliphatic carbocycles. The third-order valence-electron chi connectivity index (χ3n) is 2.67. The smallest absolute Gasteiger partial charge is 0.319 e. The Bertz CT molecular complexity index is 486. The van der Waals surface area contributed by atoms with Crippen molar-refractivity contribution in [3.8, 4) is 5.75 Å². The van der Waals surface area contributed by atoms with Gasteiger partial charge in [0.05, 0.1) is 12.0 Å². The van der Waals surface area contributed by atoms with Crippen LogP contribution in [0.1, 0.15) is 20.8 Å². The van der Waals surface area contributed by atoms with Crippen LogP contribution in [-0.2, 0) is 4.79 Å². The fourth-order valence-electron chi connectivity index (χ4n) is 1.38. The highest BCUT2D eigenvalue weighted by Gasteiger charge is 2.27. The first kappa shape index (κ1) is 15.8. The molecule has 6 heteroatoms. The SMILES string of the molecule is CCOc1cccc(NC(=O)NCC(C)(C)C(=O)O)c1. The standard InChI is InChI=1S/C14H20N2O4/c1-4-20-11-7-5-6-10(8-11)16-13(19)15-9-14(2,3)12(17)18/h5-8H,4,9H2,1-3H3,(H,17,18)(H2,15,16,19). The van der Waals surface area contributed by atoms with Crippen molar-refractivity contribution in [2.45, 2.75) is 20.8 Å². The normalized spacial score (nSPS) is 10.8. The van der Waals surface area contributed by atoms with Gasteiger partial charge >= 0.3 is 12.0 Å². The van der Waals surface area contributed by atoms with Gasteiger partial charge in [-0.1, -0.05) is 6.07 Å². The molecule has 1 rings (SSSR count). The van der Waals surface area contributed by atoms with Gasteiger partial charge in [-0.2, -0.15) is 0 Å².